The molecule has 1 fully saturated rings. The Morgan fingerprint density at radius 2 is 2.19 bits per heavy atom. The average Bonchev–Trinajstić information content (AvgIpc) is 2.22. The fraction of sp³-hybridized carbons (Fsp3) is 1.00. The highest BCUT2D eigenvalue weighted by atomic mass is 16.5. The van der Waals surface area contributed by atoms with Crippen molar-refractivity contribution in [1.82, 2.24) is 5.32 Å². The normalized spacial score (nSPS) is 18.4. The number of ether oxygens (including phenoxy) is 2. The van der Waals surface area contributed by atoms with E-state index >= 15 is 0 Å². The van der Waals surface area contributed by atoms with Crippen molar-refractivity contribution in [2.75, 3.05) is 33.4 Å². The van der Waals surface area contributed by atoms with Crippen molar-refractivity contribution in [2.45, 2.75) is 45.1 Å². The summed E-state index contributed by atoms with van der Waals surface area (Å²) in [6.45, 7) is 5.74. The van der Waals surface area contributed by atoms with Gasteiger partial charge in [0, 0.05) is 20.3 Å². The lowest BCUT2D eigenvalue weighted by Gasteiger charge is -2.26. The molecule has 96 valence electrons. The van der Waals surface area contributed by atoms with Crippen LogP contribution < -0.4 is 5.32 Å². The lowest BCUT2D eigenvalue weighted by atomic mass is 9.83. The molecular weight excluding hydrogens is 202 g/mol. The van der Waals surface area contributed by atoms with Gasteiger partial charge < -0.3 is 14.8 Å². The second-order valence-electron chi connectivity index (χ2n) is 4.74. The second kappa shape index (κ2) is 8.97. The van der Waals surface area contributed by atoms with E-state index in [1.807, 2.05) is 0 Å². The predicted octanol–water partition coefficient (Wildman–Crippen LogP) is 2.21. The molecule has 0 amide bonds. The molecule has 1 aliphatic rings. The zero-order valence-electron chi connectivity index (χ0n) is 10.8. The summed E-state index contributed by atoms with van der Waals surface area (Å²) in [4.78, 5) is 0. The molecule has 16 heavy (non-hydrogen) atoms. The van der Waals surface area contributed by atoms with E-state index in [1.165, 1.54) is 32.1 Å². The molecule has 1 atom stereocenters. The van der Waals surface area contributed by atoms with Crippen LogP contribution in [0, 0.1) is 5.92 Å². The molecule has 1 aliphatic carbocycles. The monoisotopic (exact) mass is 229 g/mol. The van der Waals surface area contributed by atoms with Gasteiger partial charge in [0.1, 0.15) is 0 Å². The van der Waals surface area contributed by atoms with Crippen LogP contribution in [0.3, 0.4) is 0 Å². The fourth-order valence-electron chi connectivity index (χ4n) is 1.97. The molecule has 3 heteroatoms. The molecule has 1 unspecified atom stereocenters. The molecule has 1 N–H and O–H groups in total. The zero-order chi connectivity index (χ0) is 11.6. The Hall–Kier alpha value is -0.120. The van der Waals surface area contributed by atoms with Gasteiger partial charge in [-0.25, -0.2) is 0 Å². The molecule has 1 saturated carbocycles. The smallest absolute Gasteiger partial charge is 0.0932 e. The van der Waals surface area contributed by atoms with Crippen LogP contribution >= 0.6 is 0 Å². The van der Waals surface area contributed by atoms with Crippen molar-refractivity contribution in [1.29, 1.82) is 0 Å². The first-order valence-corrected chi connectivity index (χ1v) is 6.68. The van der Waals surface area contributed by atoms with Gasteiger partial charge in [-0.3, -0.25) is 0 Å². The highest BCUT2D eigenvalue weighted by molar-refractivity contribution is 4.69. The van der Waals surface area contributed by atoms with Gasteiger partial charge in [-0.1, -0.05) is 26.2 Å². The van der Waals surface area contributed by atoms with E-state index in [0.717, 1.165) is 25.6 Å². The van der Waals surface area contributed by atoms with Crippen molar-refractivity contribution >= 4 is 0 Å². The van der Waals surface area contributed by atoms with Crippen LogP contribution in [-0.4, -0.2) is 39.5 Å². The van der Waals surface area contributed by atoms with Gasteiger partial charge in [0.15, 0.2) is 0 Å². The Bertz CT molecular complexity index is 160. The molecule has 0 bridgehead atoms. The molecule has 0 aliphatic heterocycles. The largest absolute Gasteiger partial charge is 0.382 e. The van der Waals surface area contributed by atoms with Crippen molar-refractivity contribution in [3.8, 4) is 0 Å². The van der Waals surface area contributed by atoms with Crippen LogP contribution in [0.2, 0.25) is 0 Å². The summed E-state index contributed by atoms with van der Waals surface area (Å²) in [6.07, 6.45) is 6.86. The third kappa shape index (κ3) is 5.83. The van der Waals surface area contributed by atoms with Gasteiger partial charge in [0.2, 0.25) is 0 Å². The van der Waals surface area contributed by atoms with E-state index in [0.29, 0.717) is 6.61 Å². The third-order valence-corrected chi connectivity index (χ3v) is 3.26. The first-order chi connectivity index (χ1) is 7.86. The molecule has 3 nitrogen and oxygen atoms in total. The molecule has 0 aromatic heterocycles. The van der Waals surface area contributed by atoms with Gasteiger partial charge in [0.05, 0.1) is 12.7 Å². The summed E-state index contributed by atoms with van der Waals surface area (Å²) in [7, 11) is 1.74. The van der Waals surface area contributed by atoms with Gasteiger partial charge in [-0.05, 0) is 25.3 Å². The number of hydrogen-bond acceptors (Lipinski definition) is 3. The molecule has 0 spiro atoms. The van der Waals surface area contributed by atoms with E-state index in [-0.39, 0.29) is 6.10 Å². The summed E-state index contributed by atoms with van der Waals surface area (Å²) in [5.41, 5.74) is 0. The fourth-order valence-corrected chi connectivity index (χ4v) is 1.97. The summed E-state index contributed by atoms with van der Waals surface area (Å²) >= 11 is 0. The van der Waals surface area contributed by atoms with Gasteiger partial charge >= 0.3 is 0 Å². The maximum atomic E-state index is 5.85. The highest BCUT2D eigenvalue weighted by Gasteiger charge is 2.17. The SMILES string of the molecule is CCCNCC(COC)OCCC1CCC1. The van der Waals surface area contributed by atoms with Crippen LogP contribution in [0.1, 0.15) is 39.0 Å². The Morgan fingerprint density at radius 1 is 1.38 bits per heavy atom. The van der Waals surface area contributed by atoms with E-state index in [9.17, 15) is 0 Å². The quantitative estimate of drug-likeness (QED) is 0.583. The van der Waals surface area contributed by atoms with Crippen LogP contribution in [-0.2, 0) is 9.47 Å². The van der Waals surface area contributed by atoms with Crippen molar-refractivity contribution < 1.29 is 9.47 Å². The number of nitrogens with one attached hydrogen (secondary N) is 1. The third-order valence-electron chi connectivity index (χ3n) is 3.26. The Labute approximate surface area is 99.9 Å². The minimum atomic E-state index is 0.219. The minimum Gasteiger partial charge on any atom is -0.382 e. The van der Waals surface area contributed by atoms with Crippen molar-refractivity contribution in [3.05, 3.63) is 0 Å². The van der Waals surface area contributed by atoms with Crippen LogP contribution in [0.15, 0.2) is 0 Å². The van der Waals surface area contributed by atoms with Crippen molar-refractivity contribution in [2.24, 2.45) is 5.92 Å². The molecular formula is C13H27NO2. The molecule has 0 aromatic rings. The lowest BCUT2D eigenvalue weighted by molar-refractivity contribution is -0.00902. The standard InChI is InChI=1S/C13H27NO2/c1-3-8-14-10-13(11-15-2)16-9-7-12-5-4-6-12/h12-14H,3-11H2,1-2H3. The maximum Gasteiger partial charge on any atom is 0.0932 e. The van der Waals surface area contributed by atoms with Crippen molar-refractivity contribution in [3.63, 3.8) is 0 Å². The van der Waals surface area contributed by atoms with E-state index < -0.39 is 0 Å². The van der Waals surface area contributed by atoms with Crippen LogP contribution in [0.5, 0.6) is 0 Å². The van der Waals surface area contributed by atoms with Crippen LogP contribution in [0.4, 0.5) is 0 Å². The Morgan fingerprint density at radius 3 is 2.75 bits per heavy atom. The molecule has 0 heterocycles. The number of hydrogen-bond donors (Lipinski definition) is 1. The van der Waals surface area contributed by atoms with E-state index in [4.69, 9.17) is 9.47 Å². The average molecular weight is 229 g/mol. The summed E-state index contributed by atoms with van der Waals surface area (Å²) in [5, 5.41) is 3.38. The lowest BCUT2D eigenvalue weighted by Crippen LogP contribution is -2.33. The summed E-state index contributed by atoms with van der Waals surface area (Å²) < 4.78 is 11.0. The van der Waals surface area contributed by atoms with E-state index in [2.05, 4.69) is 12.2 Å². The molecule has 0 saturated heterocycles. The first kappa shape index (κ1) is 13.9. The Kier molecular flexibility index (Phi) is 7.81. The molecule has 1 rings (SSSR count). The maximum absolute atomic E-state index is 5.85. The van der Waals surface area contributed by atoms with E-state index in [1.54, 1.807) is 7.11 Å². The van der Waals surface area contributed by atoms with Gasteiger partial charge in [-0.15, -0.1) is 0 Å². The molecule has 0 radical (unpaired) electrons. The highest BCUT2D eigenvalue weighted by Crippen LogP contribution is 2.29. The zero-order valence-corrected chi connectivity index (χ0v) is 10.8. The summed E-state index contributed by atoms with van der Waals surface area (Å²) in [5.74, 6) is 0.937. The second-order valence-corrected chi connectivity index (χ2v) is 4.74. The first-order valence-electron chi connectivity index (χ1n) is 6.68. The van der Waals surface area contributed by atoms with Gasteiger partial charge in [-0.2, -0.15) is 0 Å². The van der Waals surface area contributed by atoms with Crippen LogP contribution in [0.25, 0.3) is 0 Å². The Balaban J connectivity index is 2.01. The predicted molar refractivity (Wildman–Crippen MR) is 66.7 cm³/mol. The number of rotatable bonds is 10. The van der Waals surface area contributed by atoms with Gasteiger partial charge in [0.25, 0.3) is 0 Å². The number of methoxy groups -OCH3 is 1. The summed E-state index contributed by atoms with van der Waals surface area (Å²) in [6, 6.07) is 0. The molecule has 0 aromatic carbocycles. The minimum absolute atomic E-state index is 0.219. The topological polar surface area (TPSA) is 30.5 Å².